The number of hydrogen-bond donors (Lipinski definition) is 0. The first-order valence-electron chi connectivity index (χ1n) is 21.4. The highest BCUT2D eigenvalue weighted by Gasteiger charge is 2.48. The fourth-order valence-corrected chi connectivity index (χ4v) is 11.8. The van der Waals surface area contributed by atoms with Crippen LogP contribution in [0.15, 0.2) is 200 Å². The molecule has 0 saturated carbocycles. The van der Waals surface area contributed by atoms with Crippen LogP contribution < -0.4 is 4.90 Å². The van der Waals surface area contributed by atoms with E-state index in [1.165, 1.54) is 106 Å². The normalized spacial score (nSPS) is 15.4. The Hall–Kier alpha value is -6.96. The van der Waals surface area contributed by atoms with Crippen molar-refractivity contribution in [2.24, 2.45) is 0 Å². The molecule has 0 radical (unpaired) electrons. The van der Waals surface area contributed by atoms with E-state index in [1.54, 1.807) is 0 Å². The van der Waals surface area contributed by atoms with Crippen molar-refractivity contribution in [3.8, 4) is 33.4 Å². The third-order valence-electron chi connectivity index (χ3n) is 14.3. The van der Waals surface area contributed by atoms with Crippen LogP contribution in [0, 0.1) is 0 Å². The van der Waals surface area contributed by atoms with E-state index >= 15 is 0 Å². The Bertz CT molecular complexity index is 3160. The second-order valence-electron chi connectivity index (χ2n) is 18.0. The lowest BCUT2D eigenvalue weighted by Crippen LogP contribution is -2.28. The Morgan fingerprint density at radius 2 is 0.783 bits per heavy atom. The van der Waals surface area contributed by atoms with Gasteiger partial charge in [-0.05, 0) is 90.2 Å². The number of fused-ring (bicyclic) bond motifs is 11. The van der Waals surface area contributed by atoms with Crippen LogP contribution >= 0.6 is 0 Å². The van der Waals surface area contributed by atoms with Gasteiger partial charge in [0.2, 0.25) is 0 Å². The minimum absolute atomic E-state index is 0.158. The fourth-order valence-electron chi connectivity index (χ4n) is 11.8. The van der Waals surface area contributed by atoms with Gasteiger partial charge in [-0.15, -0.1) is 0 Å². The van der Waals surface area contributed by atoms with Crippen molar-refractivity contribution in [2.45, 2.75) is 43.9 Å². The molecule has 0 fully saturated rings. The maximum absolute atomic E-state index is 2.67. The number of nitrogens with zero attached hydrogens (tertiary/aromatic N) is 1. The lowest BCUT2D eigenvalue weighted by Gasteiger charge is -2.35. The summed E-state index contributed by atoms with van der Waals surface area (Å²) in [6, 6.07) is 75.4. The minimum Gasteiger partial charge on any atom is -0.309 e. The highest BCUT2D eigenvalue weighted by Crippen LogP contribution is 2.63. The summed E-state index contributed by atoms with van der Waals surface area (Å²) in [6.07, 6.45) is 0. The van der Waals surface area contributed by atoms with Gasteiger partial charge in [-0.25, -0.2) is 0 Å². The Kier molecular flexibility index (Phi) is 7.31. The molecule has 3 aliphatic rings. The molecule has 0 atom stereocenters. The highest BCUT2D eigenvalue weighted by molar-refractivity contribution is 6.09. The summed E-state index contributed by atoms with van der Waals surface area (Å²) in [7, 11) is 0. The first kappa shape index (κ1) is 35.0. The van der Waals surface area contributed by atoms with E-state index in [0.29, 0.717) is 0 Å². The van der Waals surface area contributed by atoms with Crippen molar-refractivity contribution >= 4 is 27.8 Å². The van der Waals surface area contributed by atoms with Crippen LogP contribution in [0.1, 0.15) is 72.2 Å². The van der Waals surface area contributed by atoms with Crippen LogP contribution in [0.25, 0.3) is 44.2 Å². The quantitative estimate of drug-likeness (QED) is 0.169. The lowest BCUT2D eigenvalue weighted by molar-refractivity contribution is 0.660. The monoisotopic (exact) mass is 767 g/mol. The Morgan fingerprint density at radius 3 is 1.42 bits per heavy atom. The fraction of sp³-hybridized carbons (Fsp3) is 0.119. The van der Waals surface area contributed by atoms with E-state index in [1.807, 2.05) is 0 Å². The van der Waals surface area contributed by atoms with Gasteiger partial charge in [0.1, 0.15) is 0 Å². The molecule has 0 N–H and O–H groups in total. The van der Waals surface area contributed by atoms with Crippen molar-refractivity contribution in [2.75, 3.05) is 4.90 Å². The van der Waals surface area contributed by atoms with Gasteiger partial charge in [-0.2, -0.15) is 0 Å². The van der Waals surface area contributed by atoms with Crippen LogP contribution in [0.4, 0.5) is 17.1 Å². The molecule has 0 aliphatic heterocycles. The van der Waals surface area contributed by atoms with Gasteiger partial charge < -0.3 is 4.90 Å². The second kappa shape index (κ2) is 12.5. The van der Waals surface area contributed by atoms with Crippen LogP contribution in [0.5, 0.6) is 0 Å². The Balaban J connectivity index is 1.27. The van der Waals surface area contributed by atoms with E-state index in [0.717, 1.165) is 0 Å². The van der Waals surface area contributed by atoms with E-state index < -0.39 is 5.41 Å². The molecule has 1 heteroatoms. The molecule has 0 bridgehead atoms. The molecule has 9 aromatic rings. The zero-order chi connectivity index (χ0) is 40.4. The molecule has 0 aromatic heterocycles. The van der Waals surface area contributed by atoms with Gasteiger partial charge in [-0.3, -0.25) is 0 Å². The predicted octanol–water partition coefficient (Wildman–Crippen LogP) is 15.3. The van der Waals surface area contributed by atoms with Crippen molar-refractivity contribution in [3.05, 3.63) is 245 Å². The highest BCUT2D eigenvalue weighted by atomic mass is 15.2. The molecular weight excluding hydrogens is 723 g/mol. The zero-order valence-corrected chi connectivity index (χ0v) is 34.5. The number of anilines is 3. The molecule has 12 rings (SSSR count). The summed E-state index contributed by atoms with van der Waals surface area (Å²) < 4.78 is 0. The summed E-state index contributed by atoms with van der Waals surface area (Å²) in [5, 5.41) is 2.57. The molecule has 0 spiro atoms. The molecule has 0 amide bonds. The second-order valence-corrected chi connectivity index (χ2v) is 18.0. The van der Waals surface area contributed by atoms with Gasteiger partial charge in [0.15, 0.2) is 0 Å². The maximum atomic E-state index is 2.67. The molecule has 60 heavy (non-hydrogen) atoms. The Morgan fingerprint density at radius 1 is 0.333 bits per heavy atom. The van der Waals surface area contributed by atoms with Crippen LogP contribution in [0.2, 0.25) is 0 Å². The summed E-state index contributed by atoms with van der Waals surface area (Å²) in [6.45, 7) is 9.62. The van der Waals surface area contributed by atoms with Gasteiger partial charge >= 0.3 is 0 Å². The minimum atomic E-state index is -0.525. The average Bonchev–Trinajstić information content (AvgIpc) is 3.83. The molecule has 9 aromatic carbocycles. The SMILES string of the molecule is CC1(C)c2ccccc2-c2c(N(c3cccc4c3-c3ccccc3C4(c3ccccc3)c3ccccc3)c3cc4ccccc4c4c3-c3ccccc3C4(C)C)cccc21. The molecule has 3 aliphatic carbocycles. The number of hydrogen-bond acceptors (Lipinski definition) is 1. The van der Waals surface area contributed by atoms with Gasteiger partial charge in [0, 0.05) is 27.5 Å². The van der Waals surface area contributed by atoms with E-state index in [2.05, 4.69) is 233 Å². The molecule has 0 saturated heterocycles. The van der Waals surface area contributed by atoms with Gasteiger partial charge in [0.05, 0.1) is 22.5 Å². The van der Waals surface area contributed by atoms with Crippen LogP contribution in [-0.2, 0) is 16.2 Å². The van der Waals surface area contributed by atoms with Crippen molar-refractivity contribution in [1.29, 1.82) is 0 Å². The molecule has 0 unspecified atom stereocenters. The summed E-state index contributed by atoms with van der Waals surface area (Å²) >= 11 is 0. The van der Waals surface area contributed by atoms with E-state index in [-0.39, 0.29) is 10.8 Å². The van der Waals surface area contributed by atoms with Crippen molar-refractivity contribution in [3.63, 3.8) is 0 Å². The average molecular weight is 768 g/mol. The smallest absolute Gasteiger partial charge is 0.0714 e. The van der Waals surface area contributed by atoms with Crippen LogP contribution in [-0.4, -0.2) is 0 Å². The lowest BCUT2D eigenvalue weighted by atomic mass is 9.68. The van der Waals surface area contributed by atoms with Crippen molar-refractivity contribution in [1.82, 2.24) is 0 Å². The Labute approximate surface area is 353 Å². The van der Waals surface area contributed by atoms with E-state index in [4.69, 9.17) is 0 Å². The predicted molar refractivity (Wildman–Crippen MR) is 251 cm³/mol. The molecular formula is C59H45N. The summed E-state index contributed by atoms with van der Waals surface area (Å²) in [5.41, 5.74) is 21.2. The maximum Gasteiger partial charge on any atom is 0.0714 e. The zero-order valence-electron chi connectivity index (χ0n) is 34.5. The number of rotatable bonds is 5. The molecule has 1 nitrogen and oxygen atoms in total. The molecule has 0 heterocycles. The standard InChI is InChI=1S/C59H45N/c1-57(2)45-30-16-13-27-42(45)53-48(57)33-19-35-50(53)60(52-37-38-21-11-12-26-41(38)56-55(52)43-28-14-17-31-46(43)58(56,3)4)51-36-20-34-49-54(51)44-29-15-18-32-47(44)59(49,39-22-7-5-8-23-39)40-24-9-6-10-25-40/h5-37H,1-4H3. The van der Waals surface area contributed by atoms with Crippen molar-refractivity contribution < 1.29 is 0 Å². The third-order valence-corrected chi connectivity index (χ3v) is 14.3. The third kappa shape index (κ3) is 4.47. The largest absolute Gasteiger partial charge is 0.309 e. The van der Waals surface area contributed by atoms with Gasteiger partial charge in [0.25, 0.3) is 0 Å². The topological polar surface area (TPSA) is 3.24 Å². The van der Waals surface area contributed by atoms with E-state index in [9.17, 15) is 0 Å². The van der Waals surface area contributed by atoms with Crippen LogP contribution in [0.3, 0.4) is 0 Å². The summed E-state index contributed by atoms with van der Waals surface area (Å²) in [5.74, 6) is 0. The first-order chi connectivity index (χ1) is 29.3. The van der Waals surface area contributed by atoms with Gasteiger partial charge in [-0.1, -0.05) is 210 Å². The first-order valence-corrected chi connectivity index (χ1v) is 21.4. The summed E-state index contributed by atoms with van der Waals surface area (Å²) in [4.78, 5) is 2.67. The molecule has 286 valence electrons. The number of benzene rings is 9.